The summed E-state index contributed by atoms with van der Waals surface area (Å²) in [5.41, 5.74) is 2.93. The number of nitrogens with one attached hydrogen (secondary N) is 1. The fourth-order valence-electron chi connectivity index (χ4n) is 8.25. The highest BCUT2D eigenvalue weighted by atomic mass is 32.2. The molecular weight excluding hydrogens is 616 g/mol. The molecule has 2 aromatic rings. The number of piperidine rings is 1. The van der Waals surface area contributed by atoms with E-state index < -0.39 is 27.7 Å². The molecule has 11 nitrogen and oxygen atoms in total. The molecule has 0 radical (unpaired) electrons. The van der Waals surface area contributed by atoms with Gasteiger partial charge < -0.3 is 15.3 Å². The van der Waals surface area contributed by atoms with Gasteiger partial charge in [0, 0.05) is 50.5 Å². The van der Waals surface area contributed by atoms with Gasteiger partial charge in [0.05, 0.1) is 22.4 Å². The van der Waals surface area contributed by atoms with E-state index in [1.807, 2.05) is 35.6 Å². The zero-order chi connectivity index (χ0) is 33.3. The van der Waals surface area contributed by atoms with Crippen LogP contribution in [0.3, 0.4) is 0 Å². The first-order valence-corrected chi connectivity index (χ1v) is 19.2. The van der Waals surface area contributed by atoms with E-state index in [1.165, 1.54) is 0 Å². The van der Waals surface area contributed by atoms with E-state index in [9.17, 15) is 23.1 Å². The van der Waals surface area contributed by atoms with Crippen molar-refractivity contribution in [3.05, 3.63) is 41.2 Å². The first-order valence-electron chi connectivity index (χ1n) is 17.8. The highest BCUT2D eigenvalue weighted by Gasteiger charge is 2.55. The van der Waals surface area contributed by atoms with E-state index in [0.717, 1.165) is 80.4 Å². The Bertz CT molecular complexity index is 1540. The molecule has 1 aliphatic carbocycles. The van der Waals surface area contributed by atoms with E-state index in [1.54, 1.807) is 16.4 Å². The molecule has 4 heterocycles. The number of benzene rings is 1. The van der Waals surface area contributed by atoms with Gasteiger partial charge in [0.25, 0.3) is 0 Å². The quantitative estimate of drug-likeness (QED) is 0.396. The second kappa shape index (κ2) is 14.0. The standard InChI is InChI=1S/C35H52N6O5S/c1-4-5-21-40-33(43)31(32(42)27-11-7-6-8-12-27)36-34(44)35(40)17-22-38(23-18-35)24-30-25(2)37-41(26(30)3)28-13-15-29(16-14-28)47(45,46)39-19-9-10-20-39/h13-16,27,31-32,42H,4-12,17-24H2,1-3H3,(H,36,44)/t31-,32-/m1/s1. The second-order valence-electron chi connectivity index (χ2n) is 14.2. The Hall–Kier alpha value is -2.80. The van der Waals surface area contributed by atoms with Crippen molar-refractivity contribution >= 4 is 21.8 Å². The molecule has 2 N–H and O–H groups in total. The Morgan fingerprint density at radius 3 is 2.28 bits per heavy atom. The number of carbonyl (C=O) groups excluding carboxylic acids is 2. The zero-order valence-corrected chi connectivity index (χ0v) is 29.1. The third-order valence-corrected chi connectivity index (χ3v) is 13.2. The van der Waals surface area contributed by atoms with Crippen LogP contribution in [0, 0.1) is 19.8 Å². The molecule has 3 aliphatic heterocycles. The van der Waals surface area contributed by atoms with Gasteiger partial charge in [-0.2, -0.15) is 9.40 Å². The van der Waals surface area contributed by atoms with Gasteiger partial charge in [0.2, 0.25) is 21.8 Å². The summed E-state index contributed by atoms with van der Waals surface area (Å²) in [5.74, 6) is -0.199. The average molecular weight is 669 g/mol. The number of likely N-dealkylation sites (tertiary alicyclic amines) is 1. The number of amides is 2. The number of carbonyl (C=O) groups is 2. The van der Waals surface area contributed by atoms with Crippen molar-refractivity contribution in [3.8, 4) is 5.69 Å². The second-order valence-corrected chi connectivity index (χ2v) is 16.1. The molecular formula is C35H52N6O5S. The van der Waals surface area contributed by atoms with E-state index >= 15 is 0 Å². The number of rotatable bonds is 10. The molecule has 2 atom stereocenters. The van der Waals surface area contributed by atoms with Crippen LogP contribution in [0.4, 0.5) is 0 Å². The SMILES string of the molecule is CCCCN1C(=O)[C@@H]([C@H](O)C2CCCCC2)NC(=O)C12CCN(Cc1c(C)nn(-c3ccc(S(=O)(=O)N4CCCC4)cc3)c1C)CC2. The summed E-state index contributed by atoms with van der Waals surface area (Å²) in [5, 5.41) is 19.1. The Balaban J connectivity index is 1.14. The van der Waals surface area contributed by atoms with Crippen LogP contribution in [0.5, 0.6) is 0 Å². The van der Waals surface area contributed by atoms with Crippen LogP contribution >= 0.6 is 0 Å². The smallest absolute Gasteiger partial charge is 0.248 e. The summed E-state index contributed by atoms with van der Waals surface area (Å²) in [7, 11) is -3.48. The van der Waals surface area contributed by atoms with Crippen LogP contribution in [0.1, 0.15) is 94.5 Å². The summed E-state index contributed by atoms with van der Waals surface area (Å²) >= 11 is 0. The zero-order valence-electron chi connectivity index (χ0n) is 28.3. The lowest BCUT2D eigenvalue weighted by molar-refractivity contribution is -0.166. The maximum absolute atomic E-state index is 14.0. The first kappa shape index (κ1) is 34.1. The molecule has 47 heavy (non-hydrogen) atoms. The third-order valence-electron chi connectivity index (χ3n) is 11.3. The Kier molecular flexibility index (Phi) is 10.1. The van der Waals surface area contributed by atoms with Gasteiger partial charge in [-0.05, 0) is 89.0 Å². The van der Waals surface area contributed by atoms with Crippen LogP contribution in [0.2, 0.25) is 0 Å². The number of aromatic nitrogens is 2. The van der Waals surface area contributed by atoms with Gasteiger partial charge in [-0.1, -0.05) is 32.6 Å². The number of nitrogens with zero attached hydrogens (tertiary/aromatic N) is 5. The maximum Gasteiger partial charge on any atom is 0.248 e. The van der Waals surface area contributed by atoms with Crippen LogP contribution in [0.15, 0.2) is 29.2 Å². The van der Waals surface area contributed by atoms with E-state index in [2.05, 4.69) is 17.1 Å². The summed E-state index contributed by atoms with van der Waals surface area (Å²) in [6, 6.07) is 6.11. The lowest BCUT2D eigenvalue weighted by Gasteiger charge is -2.52. The van der Waals surface area contributed by atoms with Crippen LogP contribution in [-0.4, -0.2) is 99.6 Å². The van der Waals surface area contributed by atoms with Gasteiger partial charge in [0.15, 0.2) is 0 Å². The fourth-order valence-corrected chi connectivity index (χ4v) is 9.77. The number of hydrogen-bond acceptors (Lipinski definition) is 7. The molecule has 0 bridgehead atoms. The van der Waals surface area contributed by atoms with Crippen molar-refractivity contribution < 1.29 is 23.1 Å². The average Bonchev–Trinajstić information content (AvgIpc) is 3.73. The molecule has 1 spiro atoms. The molecule has 12 heteroatoms. The normalized spacial score (nSPS) is 23.8. The molecule has 4 fully saturated rings. The highest BCUT2D eigenvalue weighted by molar-refractivity contribution is 7.89. The van der Waals surface area contributed by atoms with Gasteiger partial charge in [-0.15, -0.1) is 0 Å². The van der Waals surface area contributed by atoms with Crippen molar-refractivity contribution in [2.24, 2.45) is 5.92 Å². The molecule has 258 valence electrons. The molecule has 3 saturated heterocycles. The van der Waals surface area contributed by atoms with Crippen molar-refractivity contribution in [1.29, 1.82) is 0 Å². The molecule has 1 saturated carbocycles. The van der Waals surface area contributed by atoms with E-state index in [0.29, 0.717) is 57.0 Å². The minimum absolute atomic E-state index is 0.0511. The van der Waals surface area contributed by atoms with Gasteiger partial charge in [-0.25, -0.2) is 13.1 Å². The summed E-state index contributed by atoms with van der Waals surface area (Å²) < 4.78 is 29.4. The Morgan fingerprint density at radius 2 is 1.64 bits per heavy atom. The van der Waals surface area contributed by atoms with Gasteiger partial charge >= 0.3 is 0 Å². The van der Waals surface area contributed by atoms with Crippen LogP contribution < -0.4 is 5.32 Å². The maximum atomic E-state index is 14.0. The summed E-state index contributed by atoms with van der Waals surface area (Å²) in [6.07, 6.45) is 8.85. The Labute approximate surface area is 279 Å². The van der Waals surface area contributed by atoms with Crippen LogP contribution in [0.25, 0.3) is 5.69 Å². The van der Waals surface area contributed by atoms with Crippen molar-refractivity contribution in [2.75, 3.05) is 32.7 Å². The fraction of sp³-hybridized carbons (Fsp3) is 0.686. The predicted octanol–water partition coefficient (Wildman–Crippen LogP) is 3.68. The minimum Gasteiger partial charge on any atom is -0.390 e. The van der Waals surface area contributed by atoms with E-state index in [-0.39, 0.29) is 17.7 Å². The molecule has 4 aliphatic rings. The van der Waals surface area contributed by atoms with Crippen molar-refractivity contribution in [1.82, 2.24) is 29.2 Å². The molecule has 6 rings (SSSR count). The summed E-state index contributed by atoms with van der Waals surface area (Å²) in [4.78, 5) is 32.3. The van der Waals surface area contributed by atoms with Gasteiger partial charge in [-0.3, -0.25) is 14.5 Å². The minimum atomic E-state index is -3.48. The molecule has 0 unspecified atom stereocenters. The first-order chi connectivity index (χ1) is 22.6. The van der Waals surface area contributed by atoms with Crippen molar-refractivity contribution in [2.45, 2.75) is 121 Å². The lowest BCUT2D eigenvalue weighted by atomic mass is 9.78. The number of hydrogen-bond donors (Lipinski definition) is 2. The third kappa shape index (κ3) is 6.50. The van der Waals surface area contributed by atoms with Crippen molar-refractivity contribution in [3.63, 3.8) is 0 Å². The number of aryl methyl sites for hydroxylation is 1. The largest absolute Gasteiger partial charge is 0.390 e. The molecule has 1 aromatic carbocycles. The number of aliphatic hydroxyl groups excluding tert-OH is 1. The topological polar surface area (TPSA) is 128 Å². The summed E-state index contributed by atoms with van der Waals surface area (Å²) in [6.45, 7) is 9.78. The monoisotopic (exact) mass is 668 g/mol. The van der Waals surface area contributed by atoms with Gasteiger partial charge in [0.1, 0.15) is 11.6 Å². The lowest BCUT2D eigenvalue weighted by Crippen LogP contribution is -2.75. The highest BCUT2D eigenvalue weighted by Crippen LogP contribution is 2.37. The number of piperazine rings is 1. The number of sulfonamides is 1. The predicted molar refractivity (Wildman–Crippen MR) is 179 cm³/mol. The molecule has 2 amide bonds. The number of aliphatic hydroxyl groups is 1. The van der Waals surface area contributed by atoms with E-state index in [4.69, 9.17) is 5.10 Å². The molecule has 1 aromatic heterocycles. The Morgan fingerprint density at radius 1 is 0.979 bits per heavy atom. The number of unbranched alkanes of at least 4 members (excludes halogenated alkanes) is 1. The van der Waals surface area contributed by atoms with Crippen LogP contribution in [-0.2, 0) is 26.2 Å².